The Hall–Kier alpha value is -5.50. The van der Waals surface area contributed by atoms with Crippen molar-refractivity contribution in [2.75, 3.05) is 57.3 Å². The largest absolute Gasteiger partial charge is 0.507 e. The molecule has 0 saturated carbocycles. The maximum atomic E-state index is 14.1. The van der Waals surface area contributed by atoms with Crippen LogP contribution in [0.3, 0.4) is 0 Å². The number of phenols is 1. The highest BCUT2D eigenvalue weighted by atomic mass is 16.3. The van der Waals surface area contributed by atoms with Crippen molar-refractivity contribution in [3.05, 3.63) is 70.9 Å². The number of amides is 5. The first-order valence-corrected chi connectivity index (χ1v) is 20.0. The zero-order chi connectivity index (χ0) is 38.7. The molecule has 2 aromatic heterocycles. The Morgan fingerprint density at radius 1 is 0.893 bits per heavy atom. The summed E-state index contributed by atoms with van der Waals surface area (Å²) in [5.74, 6) is -0.0881. The molecule has 0 bridgehead atoms. The molecular weight excluding hydrogens is 711 g/mol. The normalized spacial score (nSPS) is 22.0. The number of imide groups is 1. The number of hydrogen-bond acceptors (Lipinski definition) is 9. The SMILES string of the molecule is CC1(C)CN(CC2CCN(c3ccc4c(c3)C(=O)N([C@H]3CCC(=O)NC3=O)C4)CC2)CCN1C(=O)N1CCc2[nH]c3nnc(-c4ccccc4O)cc3c2CC1. The number of piperidine rings is 2. The standard InChI is InChI=1S/C42H49N9O5/c1-42(2)25-47(23-26-11-15-48(16-12-26)28-8-7-27-24-50(40(55)31(27)21-28)35-9-10-37(53)44-39(35)54)19-20-51(42)41(56)49-17-13-29-32-22-34(30-5-3-4-6-36(30)52)45-46-38(32)43-33(29)14-18-49/h3-8,21-22,26,35,52H,9-20,23-25H2,1-2H3,(H,43,46)(H,44,53,54)/t35-/m0/s1. The number of aromatic amines is 1. The Morgan fingerprint density at radius 3 is 2.48 bits per heavy atom. The number of anilines is 1. The number of nitrogens with one attached hydrogen (secondary N) is 2. The fraction of sp³-hybridized carbons (Fsp3) is 0.476. The average molecular weight is 760 g/mol. The zero-order valence-corrected chi connectivity index (χ0v) is 32.1. The van der Waals surface area contributed by atoms with Gasteiger partial charge in [0.05, 0.1) is 11.2 Å². The lowest BCUT2D eigenvalue weighted by atomic mass is 9.93. The van der Waals surface area contributed by atoms with Crippen molar-refractivity contribution in [2.24, 2.45) is 5.92 Å². The minimum absolute atomic E-state index is 0.0974. The van der Waals surface area contributed by atoms with Crippen molar-refractivity contribution in [3.63, 3.8) is 0 Å². The zero-order valence-electron chi connectivity index (χ0n) is 32.1. The van der Waals surface area contributed by atoms with E-state index < -0.39 is 6.04 Å². The number of nitrogens with zero attached hydrogens (tertiary/aromatic N) is 7. The smallest absolute Gasteiger partial charge is 0.320 e. The minimum Gasteiger partial charge on any atom is -0.507 e. The van der Waals surface area contributed by atoms with Crippen molar-refractivity contribution in [3.8, 4) is 17.0 Å². The van der Waals surface area contributed by atoms with Crippen LogP contribution in [0.2, 0.25) is 0 Å². The Labute approximate surface area is 325 Å². The van der Waals surface area contributed by atoms with Crippen LogP contribution in [0.5, 0.6) is 5.75 Å². The second kappa shape index (κ2) is 14.2. The van der Waals surface area contributed by atoms with Crippen molar-refractivity contribution in [1.82, 2.24) is 40.1 Å². The summed E-state index contributed by atoms with van der Waals surface area (Å²) < 4.78 is 0. The van der Waals surface area contributed by atoms with E-state index in [1.165, 1.54) is 0 Å². The van der Waals surface area contributed by atoms with Gasteiger partial charge in [-0.25, -0.2) is 4.79 Å². The van der Waals surface area contributed by atoms with Crippen LogP contribution in [0, 0.1) is 5.92 Å². The van der Waals surface area contributed by atoms with E-state index >= 15 is 0 Å². The highest BCUT2D eigenvalue weighted by Crippen LogP contribution is 2.34. The maximum Gasteiger partial charge on any atom is 0.320 e. The molecule has 0 unspecified atom stereocenters. The number of urea groups is 1. The van der Waals surface area contributed by atoms with Gasteiger partial charge in [-0.1, -0.05) is 18.2 Å². The Morgan fingerprint density at radius 2 is 1.70 bits per heavy atom. The summed E-state index contributed by atoms with van der Waals surface area (Å²) in [6, 6.07) is 14.7. The summed E-state index contributed by atoms with van der Waals surface area (Å²) in [6.45, 7) is 11.2. The van der Waals surface area contributed by atoms with Gasteiger partial charge in [0.1, 0.15) is 11.8 Å². The molecule has 3 saturated heterocycles. The molecule has 4 aromatic rings. The van der Waals surface area contributed by atoms with E-state index in [1.807, 2.05) is 35.2 Å². The van der Waals surface area contributed by atoms with Gasteiger partial charge >= 0.3 is 6.03 Å². The summed E-state index contributed by atoms with van der Waals surface area (Å²) in [5, 5.41) is 22.6. The number of benzene rings is 2. The molecule has 5 amide bonds. The van der Waals surface area contributed by atoms with E-state index in [0.29, 0.717) is 68.2 Å². The third-order valence-electron chi connectivity index (χ3n) is 12.7. The predicted molar refractivity (Wildman–Crippen MR) is 210 cm³/mol. The molecule has 0 spiro atoms. The first-order valence-electron chi connectivity index (χ1n) is 20.0. The molecule has 3 N–H and O–H groups in total. The molecule has 14 nitrogen and oxygen atoms in total. The number of H-pyrrole nitrogens is 1. The van der Waals surface area contributed by atoms with Crippen LogP contribution >= 0.6 is 0 Å². The Bertz CT molecular complexity index is 2230. The van der Waals surface area contributed by atoms with Crippen LogP contribution in [0.15, 0.2) is 48.5 Å². The molecule has 3 fully saturated rings. The lowest BCUT2D eigenvalue weighted by molar-refractivity contribution is -0.136. The van der Waals surface area contributed by atoms with Crippen LogP contribution in [0.1, 0.15) is 66.7 Å². The van der Waals surface area contributed by atoms with Crippen molar-refractivity contribution < 1.29 is 24.3 Å². The monoisotopic (exact) mass is 759 g/mol. The van der Waals surface area contributed by atoms with E-state index in [9.17, 15) is 24.3 Å². The first kappa shape index (κ1) is 36.2. The summed E-state index contributed by atoms with van der Waals surface area (Å²) in [4.78, 5) is 65.7. The van der Waals surface area contributed by atoms with Crippen molar-refractivity contribution in [1.29, 1.82) is 0 Å². The number of rotatable bonds is 5. The molecule has 9 rings (SSSR count). The van der Waals surface area contributed by atoms with E-state index in [0.717, 1.165) is 79.1 Å². The molecule has 7 heterocycles. The van der Waals surface area contributed by atoms with Gasteiger partial charge in [0, 0.05) is 99.6 Å². The number of hydrogen-bond donors (Lipinski definition) is 3. The topological polar surface area (TPSA) is 158 Å². The lowest BCUT2D eigenvalue weighted by Crippen LogP contribution is -2.64. The number of carbonyl (C=O) groups is 4. The number of fused-ring (bicyclic) bond motifs is 4. The molecule has 5 aliphatic heterocycles. The summed E-state index contributed by atoms with van der Waals surface area (Å²) >= 11 is 0. The first-order chi connectivity index (χ1) is 27.0. The minimum atomic E-state index is -0.607. The fourth-order valence-electron chi connectivity index (χ4n) is 9.63. The number of aromatic nitrogens is 3. The van der Waals surface area contributed by atoms with Crippen molar-refractivity contribution >= 4 is 40.5 Å². The number of carbonyl (C=O) groups excluding carboxylic acids is 4. The van der Waals surface area contributed by atoms with Gasteiger partial charge in [0.25, 0.3) is 5.91 Å². The van der Waals surface area contributed by atoms with Gasteiger partial charge in [0.2, 0.25) is 11.8 Å². The van der Waals surface area contributed by atoms with E-state index in [-0.39, 0.29) is 41.5 Å². The second-order valence-electron chi connectivity index (χ2n) is 16.7. The summed E-state index contributed by atoms with van der Waals surface area (Å²) in [6.07, 6.45) is 4.14. The quantitative estimate of drug-likeness (QED) is 0.257. The average Bonchev–Trinajstić information content (AvgIpc) is 3.61. The van der Waals surface area contributed by atoms with Gasteiger partial charge in [-0.3, -0.25) is 24.6 Å². The van der Waals surface area contributed by atoms with Crippen LogP contribution in [-0.2, 0) is 29.0 Å². The highest BCUT2D eigenvalue weighted by molar-refractivity contribution is 6.05. The third-order valence-corrected chi connectivity index (χ3v) is 12.7. The predicted octanol–water partition coefficient (Wildman–Crippen LogP) is 3.92. The molecule has 0 radical (unpaired) electrons. The molecule has 56 heavy (non-hydrogen) atoms. The molecule has 5 aliphatic rings. The maximum absolute atomic E-state index is 14.1. The lowest BCUT2D eigenvalue weighted by Gasteiger charge is -2.49. The molecular formula is C42H49N9O5. The molecule has 2 aromatic carbocycles. The molecule has 1 atom stereocenters. The van der Waals surface area contributed by atoms with Gasteiger partial charge in [0.15, 0.2) is 5.65 Å². The van der Waals surface area contributed by atoms with E-state index in [2.05, 4.69) is 55.1 Å². The van der Waals surface area contributed by atoms with Gasteiger partial charge in [-0.2, -0.15) is 0 Å². The highest BCUT2D eigenvalue weighted by Gasteiger charge is 2.41. The summed E-state index contributed by atoms with van der Waals surface area (Å²) in [7, 11) is 0. The van der Waals surface area contributed by atoms with E-state index in [1.54, 1.807) is 17.0 Å². The number of para-hydroxylation sites is 1. The Kier molecular flexibility index (Phi) is 9.18. The van der Waals surface area contributed by atoms with E-state index in [4.69, 9.17) is 0 Å². The number of phenolic OH excluding ortho intramolecular Hbond substituents is 1. The molecule has 14 heteroatoms. The number of aromatic hydroxyl groups is 1. The molecule has 292 valence electrons. The van der Waals surface area contributed by atoms with Crippen LogP contribution in [-0.4, -0.2) is 128 Å². The summed E-state index contributed by atoms with van der Waals surface area (Å²) in [5.41, 5.74) is 6.56. The van der Waals surface area contributed by atoms with Crippen LogP contribution in [0.25, 0.3) is 22.3 Å². The number of piperazine rings is 1. The van der Waals surface area contributed by atoms with Gasteiger partial charge < -0.3 is 29.7 Å². The fourth-order valence-corrected chi connectivity index (χ4v) is 9.63. The second-order valence-corrected chi connectivity index (χ2v) is 16.7. The Balaban J connectivity index is 0.778. The van der Waals surface area contributed by atoms with Gasteiger partial charge in [-0.15, -0.1) is 10.2 Å². The van der Waals surface area contributed by atoms with Gasteiger partial charge in [-0.05, 0) is 86.9 Å². The van der Waals surface area contributed by atoms with Crippen molar-refractivity contribution in [2.45, 2.75) is 70.5 Å². The van der Waals surface area contributed by atoms with Crippen LogP contribution in [0.4, 0.5) is 10.5 Å². The third kappa shape index (κ3) is 6.63. The van der Waals surface area contributed by atoms with Crippen LogP contribution < -0.4 is 10.2 Å². The molecule has 0 aliphatic carbocycles.